The first-order valence-electron chi connectivity index (χ1n) is 4.12. The van der Waals surface area contributed by atoms with Gasteiger partial charge in [0.15, 0.2) is 0 Å². The van der Waals surface area contributed by atoms with Crippen LogP contribution in [0.15, 0.2) is 0 Å². The van der Waals surface area contributed by atoms with Gasteiger partial charge in [-0.2, -0.15) is 0 Å². The summed E-state index contributed by atoms with van der Waals surface area (Å²) in [5.74, 6) is 0. The standard InChI is InChI=1S/C8H17O2S/c1-3-8(11)7-10-6-5-9-4-2/h8H,3-7H2,1-2H3. The van der Waals surface area contributed by atoms with Gasteiger partial charge >= 0.3 is 0 Å². The van der Waals surface area contributed by atoms with E-state index in [4.69, 9.17) is 22.1 Å². The molecule has 0 aromatic rings. The Morgan fingerprint density at radius 3 is 2.36 bits per heavy atom. The number of hydrogen-bond acceptors (Lipinski definition) is 2. The molecule has 0 saturated carbocycles. The Morgan fingerprint density at radius 2 is 1.82 bits per heavy atom. The molecule has 0 aliphatic rings. The van der Waals surface area contributed by atoms with Gasteiger partial charge in [-0.15, -0.1) is 0 Å². The summed E-state index contributed by atoms with van der Waals surface area (Å²) in [6.45, 7) is 6.84. The van der Waals surface area contributed by atoms with E-state index in [2.05, 4.69) is 6.92 Å². The first-order chi connectivity index (χ1) is 5.31. The Bertz CT molecular complexity index is 78.5. The summed E-state index contributed by atoms with van der Waals surface area (Å²) < 4.78 is 10.3. The Kier molecular flexibility index (Phi) is 8.57. The molecule has 0 amide bonds. The van der Waals surface area contributed by atoms with Crippen LogP contribution in [0.5, 0.6) is 0 Å². The van der Waals surface area contributed by atoms with Gasteiger partial charge in [0.2, 0.25) is 0 Å². The van der Waals surface area contributed by atoms with Crippen LogP contribution in [0.1, 0.15) is 20.3 Å². The zero-order valence-electron chi connectivity index (χ0n) is 7.34. The highest BCUT2D eigenvalue weighted by Crippen LogP contribution is 1.99. The van der Waals surface area contributed by atoms with E-state index in [1.807, 2.05) is 6.92 Å². The zero-order valence-corrected chi connectivity index (χ0v) is 8.15. The van der Waals surface area contributed by atoms with Crippen LogP contribution >= 0.6 is 12.6 Å². The van der Waals surface area contributed by atoms with E-state index < -0.39 is 0 Å². The quantitative estimate of drug-likeness (QED) is 0.554. The van der Waals surface area contributed by atoms with Gasteiger partial charge in [-0.25, -0.2) is 0 Å². The molecule has 0 aromatic heterocycles. The highest BCUT2D eigenvalue weighted by atomic mass is 32.1. The lowest BCUT2D eigenvalue weighted by Crippen LogP contribution is -2.11. The van der Waals surface area contributed by atoms with E-state index in [1.54, 1.807) is 0 Å². The van der Waals surface area contributed by atoms with E-state index in [0.29, 0.717) is 19.8 Å². The Labute approximate surface area is 74.7 Å². The first-order valence-corrected chi connectivity index (χ1v) is 4.59. The second-order valence-corrected chi connectivity index (χ2v) is 2.97. The summed E-state index contributed by atoms with van der Waals surface area (Å²) in [6.07, 6.45) is 1.00. The van der Waals surface area contributed by atoms with Crippen LogP contribution in [-0.4, -0.2) is 31.7 Å². The monoisotopic (exact) mass is 177 g/mol. The zero-order chi connectivity index (χ0) is 8.53. The first kappa shape index (κ1) is 11.3. The second-order valence-electron chi connectivity index (χ2n) is 2.30. The second kappa shape index (κ2) is 8.37. The molecule has 3 heteroatoms. The van der Waals surface area contributed by atoms with Crippen LogP contribution in [0.2, 0.25) is 0 Å². The lowest BCUT2D eigenvalue weighted by molar-refractivity contribution is 0.0534. The molecule has 0 fully saturated rings. The summed E-state index contributed by atoms with van der Waals surface area (Å²) in [5.41, 5.74) is 0. The van der Waals surface area contributed by atoms with Crippen molar-refractivity contribution in [2.24, 2.45) is 0 Å². The minimum absolute atomic E-state index is 0.261. The third-order valence-corrected chi connectivity index (χ3v) is 1.80. The molecule has 67 valence electrons. The lowest BCUT2D eigenvalue weighted by Gasteiger charge is -2.07. The van der Waals surface area contributed by atoms with Crippen LogP contribution in [0.4, 0.5) is 0 Å². The maximum absolute atomic E-state index is 5.26. The molecule has 0 aliphatic heterocycles. The van der Waals surface area contributed by atoms with Crippen LogP contribution in [0, 0.1) is 0 Å². The van der Waals surface area contributed by atoms with Gasteiger partial charge in [0.25, 0.3) is 0 Å². The number of rotatable bonds is 7. The molecular formula is C8H17O2S. The topological polar surface area (TPSA) is 18.5 Å². The van der Waals surface area contributed by atoms with Gasteiger partial charge in [0.05, 0.1) is 19.8 Å². The summed E-state index contributed by atoms with van der Waals surface area (Å²) in [5, 5.41) is 0.261. The van der Waals surface area contributed by atoms with Crippen molar-refractivity contribution in [3.63, 3.8) is 0 Å². The predicted octanol–water partition coefficient (Wildman–Crippen LogP) is 2.02. The van der Waals surface area contributed by atoms with Crippen LogP contribution in [0.3, 0.4) is 0 Å². The molecule has 0 saturated heterocycles. The van der Waals surface area contributed by atoms with Gasteiger partial charge in [0.1, 0.15) is 0 Å². The number of hydrogen-bond donors (Lipinski definition) is 0. The van der Waals surface area contributed by atoms with Gasteiger partial charge in [0, 0.05) is 11.9 Å². The van der Waals surface area contributed by atoms with Crippen molar-refractivity contribution >= 4 is 12.6 Å². The fraction of sp³-hybridized carbons (Fsp3) is 1.00. The van der Waals surface area contributed by atoms with E-state index in [0.717, 1.165) is 13.0 Å². The minimum atomic E-state index is 0.261. The van der Waals surface area contributed by atoms with Crippen molar-refractivity contribution in [3.8, 4) is 0 Å². The predicted molar refractivity (Wildman–Crippen MR) is 49.0 cm³/mol. The largest absolute Gasteiger partial charge is 0.379 e. The highest BCUT2D eigenvalue weighted by molar-refractivity contribution is 7.81. The summed E-state index contributed by atoms with van der Waals surface area (Å²) >= 11 is 5.05. The van der Waals surface area contributed by atoms with Crippen molar-refractivity contribution in [2.45, 2.75) is 25.5 Å². The van der Waals surface area contributed by atoms with Crippen molar-refractivity contribution in [3.05, 3.63) is 0 Å². The Hall–Kier alpha value is 0.270. The summed E-state index contributed by atoms with van der Waals surface area (Å²) in [6, 6.07) is 0. The van der Waals surface area contributed by atoms with Crippen LogP contribution in [-0.2, 0) is 9.47 Å². The maximum Gasteiger partial charge on any atom is 0.0701 e. The lowest BCUT2D eigenvalue weighted by atomic mass is 10.3. The minimum Gasteiger partial charge on any atom is -0.379 e. The van der Waals surface area contributed by atoms with E-state index in [9.17, 15) is 0 Å². The molecule has 1 radical (unpaired) electrons. The van der Waals surface area contributed by atoms with Gasteiger partial charge < -0.3 is 9.47 Å². The van der Waals surface area contributed by atoms with Crippen LogP contribution < -0.4 is 0 Å². The molecule has 2 nitrogen and oxygen atoms in total. The van der Waals surface area contributed by atoms with Gasteiger partial charge in [-0.3, -0.25) is 0 Å². The average Bonchev–Trinajstić information content (AvgIpc) is 2.04. The molecule has 0 heterocycles. The van der Waals surface area contributed by atoms with Gasteiger partial charge in [-0.05, 0) is 13.3 Å². The normalized spacial score (nSPS) is 13.4. The maximum atomic E-state index is 5.26. The van der Waals surface area contributed by atoms with Gasteiger partial charge in [-0.1, -0.05) is 19.6 Å². The fourth-order valence-electron chi connectivity index (χ4n) is 0.595. The Morgan fingerprint density at radius 1 is 1.18 bits per heavy atom. The van der Waals surface area contributed by atoms with Crippen LogP contribution in [0.25, 0.3) is 0 Å². The summed E-state index contributed by atoms with van der Waals surface area (Å²) in [7, 11) is 0. The van der Waals surface area contributed by atoms with E-state index in [-0.39, 0.29) is 5.25 Å². The van der Waals surface area contributed by atoms with E-state index in [1.165, 1.54) is 0 Å². The molecule has 0 bridgehead atoms. The third-order valence-electron chi connectivity index (χ3n) is 1.34. The Balaban J connectivity index is 2.89. The highest BCUT2D eigenvalue weighted by Gasteiger charge is 1.98. The molecule has 0 spiro atoms. The summed E-state index contributed by atoms with van der Waals surface area (Å²) in [4.78, 5) is 0. The van der Waals surface area contributed by atoms with E-state index >= 15 is 0 Å². The van der Waals surface area contributed by atoms with Crippen molar-refractivity contribution < 1.29 is 9.47 Å². The fourth-order valence-corrected chi connectivity index (χ4v) is 0.691. The molecule has 1 unspecified atom stereocenters. The molecule has 1 atom stereocenters. The molecule has 0 rings (SSSR count). The third kappa shape index (κ3) is 8.17. The van der Waals surface area contributed by atoms with Crippen molar-refractivity contribution in [1.29, 1.82) is 0 Å². The smallest absolute Gasteiger partial charge is 0.0701 e. The SMILES string of the molecule is CCOCCOCC([S])CC. The molecule has 0 aliphatic carbocycles. The van der Waals surface area contributed by atoms with Crippen molar-refractivity contribution in [1.82, 2.24) is 0 Å². The number of ether oxygens (including phenoxy) is 2. The molecule has 0 N–H and O–H groups in total. The van der Waals surface area contributed by atoms with Crippen molar-refractivity contribution in [2.75, 3.05) is 26.4 Å². The molecule has 11 heavy (non-hydrogen) atoms. The average molecular weight is 177 g/mol. The molecular weight excluding hydrogens is 160 g/mol. The molecule has 0 aromatic carbocycles.